The number of aryl methyl sites for hydroxylation is 2. The third-order valence-corrected chi connectivity index (χ3v) is 2.10. The van der Waals surface area contributed by atoms with Gasteiger partial charge in [-0.25, -0.2) is 0 Å². The molecule has 0 unspecified atom stereocenters. The molecule has 0 amide bonds. The molecule has 2 N–H and O–H groups in total. The van der Waals surface area contributed by atoms with Crippen LogP contribution in [0.25, 0.3) is 6.08 Å². The Balaban J connectivity index is 2.98. The number of hydrogen-bond acceptors (Lipinski definition) is 2. The lowest BCUT2D eigenvalue weighted by Crippen LogP contribution is -1.86. The van der Waals surface area contributed by atoms with E-state index in [1.807, 2.05) is 13.8 Å². The normalized spacial score (nSPS) is 12.3. The van der Waals surface area contributed by atoms with Crippen molar-refractivity contribution >= 4 is 13.7 Å². The van der Waals surface area contributed by atoms with Gasteiger partial charge in [0, 0.05) is 17.2 Å². The van der Waals surface area contributed by atoms with Crippen LogP contribution in [-0.4, -0.2) is 14.8 Å². The highest BCUT2D eigenvalue weighted by Crippen LogP contribution is 2.36. The summed E-state index contributed by atoms with van der Waals surface area (Å²) in [6, 6.07) is 3.53. The highest BCUT2D eigenvalue weighted by atomic mass is 31.2. The van der Waals surface area contributed by atoms with E-state index in [1.54, 1.807) is 12.1 Å². The first-order valence-corrected chi connectivity index (χ1v) is 5.75. The van der Waals surface area contributed by atoms with Crippen molar-refractivity contribution in [1.29, 1.82) is 0 Å². The second-order valence-corrected chi connectivity index (χ2v) is 4.56. The minimum Gasteiger partial charge on any atom is -0.321 e. The van der Waals surface area contributed by atoms with E-state index in [9.17, 15) is 4.57 Å². The molecule has 4 nitrogen and oxygen atoms in total. The molecule has 1 heterocycles. The highest BCUT2D eigenvalue weighted by molar-refractivity contribution is 7.55. The summed E-state index contributed by atoms with van der Waals surface area (Å²) in [5, 5.41) is 0. The van der Waals surface area contributed by atoms with Crippen LogP contribution in [0.4, 0.5) is 0 Å². The summed E-state index contributed by atoms with van der Waals surface area (Å²) in [6.45, 7) is 3.67. The van der Waals surface area contributed by atoms with Gasteiger partial charge in [0.2, 0.25) is 0 Å². The Morgan fingerprint density at radius 2 is 1.79 bits per heavy atom. The minimum atomic E-state index is -4.06. The molecule has 0 radical (unpaired) electrons. The van der Waals surface area contributed by atoms with E-state index in [4.69, 9.17) is 9.79 Å². The lowest BCUT2D eigenvalue weighted by molar-refractivity contribution is 0.386. The summed E-state index contributed by atoms with van der Waals surface area (Å²) in [5.41, 5.74) is 2.41. The summed E-state index contributed by atoms with van der Waals surface area (Å²) in [5.74, 6) is 0.890. The molecule has 14 heavy (non-hydrogen) atoms. The first kappa shape index (κ1) is 11.1. The van der Waals surface area contributed by atoms with Crippen molar-refractivity contribution in [2.24, 2.45) is 0 Å². The van der Waals surface area contributed by atoms with E-state index in [0.717, 1.165) is 22.8 Å². The molecule has 0 fully saturated rings. The average molecular weight is 213 g/mol. The van der Waals surface area contributed by atoms with Crippen LogP contribution in [0.2, 0.25) is 0 Å². The van der Waals surface area contributed by atoms with E-state index in [-0.39, 0.29) is 0 Å². The molecule has 5 heteroatoms. The van der Waals surface area contributed by atoms with Crippen molar-refractivity contribution in [3.8, 4) is 0 Å². The Kier molecular flexibility index (Phi) is 3.21. The zero-order chi connectivity index (χ0) is 10.8. The van der Waals surface area contributed by atoms with Crippen LogP contribution in [0, 0.1) is 13.8 Å². The Hall–Kier alpha value is -0.960. The molecule has 0 aliphatic rings. The van der Waals surface area contributed by atoms with E-state index in [2.05, 4.69) is 4.98 Å². The number of rotatable bonds is 2. The Bertz CT molecular complexity index is 388. The van der Waals surface area contributed by atoms with Crippen LogP contribution in [0.3, 0.4) is 0 Å². The maximum atomic E-state index is 10.6. The lowest BCUT2D eigenvalue weighted by Gasteiger charge is -1.99. The maximum absolute atomic E-state index is 10.6. The van der Waals surface area contributed by atoms with Gasteiger partial charge in [-0.1, -0.05) is 0 Å². The molecule has 0 saturated carbocycles. The number of pyridine rings is 1. The third kappa shape index (κ3) is 3.83. The third-order valence-electron chi connectivity index (χ3n) is 1.56. The molecular weight excluding hydrogens is 201 g/mol. The number of nitrogens with zero attached hydrogens (tertiary/aromatic N) is 1. The largest absolute Gasteiger partial charge is 0.349 e. The fraction of sp³-hybridized carbons (Fsp3) is 0.222. The molecule has 1 aromatic heterocycles. The van der Waals surface area contributed by atoms with Gasteiger partial charge in [-0.15, -0.1) is 0 Å². The van der Waals surface area contributed by atoms with Crippen LogP contribution >= 0.6 is 7.60 Å². The molecule has 0 spiro atoms. The smallest absolute Gasteiger partial charge is 0.321 e. The molecule has 0 aliphatic heterocycles. The average Bonchev–Trinajstić information content (AvgIpc) is 1.97. The zero-order valence-corrected chi connectivity index (χ0v) is 8.90. The van der Waals surface area contributed by atoms with Crippen LogP contribution in [-0.2, 0) is 4.57 Å². The Morgan fingerprint density at radius 3 is 2.21 bits per heavy atom. The summed E-state index contributed by atoms with van der Waals surface area (Å²) < 4.78 is 10.6. The van der Waals surface area contributed by atoms with Crippen LogP contribution in [0.15, 0.2) is 17.9 Å². The second-order valence-electron chi connectivity index (χ2n) is 3.09. The van der Waals surface area contributed by atoms with Gasteiger partial charge in [-0.05, 0) is 37.6 Å². The maximum Gasteiger partial charge on any atom is 0.349 e. The van der Waals surface area contributed by atoms with E-state index < -0.39 is 7.60 Å². The van der Waals surface area contributed by atoms with Crippen molar-refractivity contribution in [2.75, 3.05) is 0 Å². The van der Waals surface area contributed by atoms with E-state index in [0.29, 0.717) is 0 Å². The Labute approximate surface area is 82.5 Å². The molecule has 0 atom stereocenters. The quantitative estimate of drug-likeness (QED) is 0.735. The van der Waals surface area contributed by atoms with Crippen molar-refractivity contribution in [2.45, 2.75) is 13.8 Å². The number of aromatic nitrogens is 1. The molecule has 1 rings (SSSR count). The summed E-state index contributed by atoms with van der Waals surface area (Å²) in [7, 11) is -4.06. The SMILES string of the molecule is Cc1cc(/C=C/P(=O)(O)O)cc(C)n1. The highest BCUT2D eigenvalue weighted by Gasteiger charge is 2.05. The van der Waals surface area contributed by atoms with Crippen LogP contribution in [0.1, 0.15) is 17.0 Å². The fourth-order valence-electron chi connectivity index (χ4n) is 1.15. The van der Waals surface area contributed by atoms with Gasteiger partial charge in [-0.2, -0.15) is 0 Å². The van der Waals surface area contributed by atoms with E-state index in [1.165, 1.54) is 6.08 Å². The predicted octanol–water partition coefficient (Wildman–Crippen LogP) is 1.85. The van der Waals surface area contributed by atoms with Crippen LogP contribution in [0.5, 0.6) is 0 Å². The van der Waals surface area contributed by atoms with Crippen molar-refractivity contribution in [3.63, 3.8) is 0 Å². The fourth-order valence-corrected chi connectivity index (χ4v) is 1.51. The van der Waals surface area contributed by atoms with Gasteiger partial charge < -0.3 is 9.79 Å². The van der Waals surface area contributed by atoms with Gasteiger partial charge in [0.25, 0.3) is 0 Å². The molecule has 0 saturated heterocycles. The minimum absolute atomic E-state index is 0.748. The topological polar surface area (TPSA) is 70.4 Å². The van der Waals surface area contributed by atoms with Gasteiger partial charge in [0.1, 0.15) is 0 Å². The van der Waals surface area contributed by atoms with Crippen molar-refractivity contribution in [3.05, 3.63) is 34.9 Å². The van der Waals surface area contributed by atoms with Crippen molar-refractivity contribution in [1.82, 2.24) is 4.98 Å². The lowest BCUT2D eigenvalue weighted by atomic mass is 10.2. The van der Waals surface area contributed by atoms with Gasteiger partial charge >= 0.3 is 7.60 Å². The standard InChI is InChI=1S/C9H12NO3P/c1-7-5-9(6-8(2)10-7)3-4-14(11,12)13/h3-6H,1-2H3,(H2,11,12,13)/b4-3+. The first-order chi connectivity index (χ1) is 6.37. The molecule has 1 aromatic rings. The summed E-state index contributed by atoms with van der Waals surface area (Å²) in [4.78, 5) is 21.4. The molecule has 0 aliphatic carbocycles. The van der Waals surface area contributed by atoms with Gasteiger partial charge in [0.05, 0.1) is 0 Å². The second kappa shape index (κ2) is 4.05. The summed E-state index contributed by atoms with van der Waals surface area (Å²) in [6.07, 6.45) is 1.41. The Morgan fingerprint density at radius 1 is 1.29 bits per heavy atom. The van der Waals surface area contributed by atoms with Gasteiger partial charge in [0.15, 0.2) is 0 Å². The zero-order valence-electron chi connectivity index (χ0n) is 8.01. The molecule has 0 aromatic carbocycles. The molecule has 76 valence electrons. The predicted molar refractivity (Wildman–Crippen MR) is 54.8 cm³/mol. The van der Waals surface area contributed by atoms with Gasteiger partial charge in [-0.3, -0.25) is 9.55 Å². The number of hydrogen-bond donors (Lipinski definition) is 2. The van der Waals surface area contributed by atoms with E-state index >= 15 is 0 Å². The monoisotopic (exact) mass is 213 g/mol. The molecular formula is C9H12NO3P. The molecule has 0 bridgehead atoms. The first-order valence-electron chi connectivity index (χ1n) is 4.06. The van der Waals surface area contributed by atoms with Crippen molar-refractivity contribution < 1.29 is 14.4 Å². The van der Waals surface area contributed by atoms with Crippen LogP contribution < -0.4 is 0 Å². The summed E-state index contributed by atoms with van der Waals surface area (Å²) >= 11 is 0.